The zero-order valence-electron chi connectivity index (χ0n) is 10.7. The molecule has 0 aromatic heterocycles. The lowest BCUT2D eigenvalue weighted by Crippen LogP contribution is -2.33. The number of halogens is 1. The summed E-state index contributed by atoms with van der Waals surface area (Å²) in [5.41, 5.74) is 1.25. The molecule has 2 rings (SSSR count). The second-order valence-electron chi connectivity index (χ2n) is 5.25. The molecule has 0 aliphatic carbocycles. The maximum atomic E-state index is 12.7. The molecule has 0 amide bonds. The van der Waals surface area contributed by atoms with Crippen molar-refractivity contribution in [3.63, 3.8) is 0 Å². The highest BCUT2D eigenvalue weighted by Gasteiger charge is 2.14. The molecule has 2 heteroatoms. The summed E-state index contributed by atoms with van der Waals surface area (Å²) >= 11 is 0. The normalized spacial score (nSPS) is 18.5. The molecule has 0 radical (unpaired) electrons. The van der Waals surface area contributed by atoms with Crippen LogP contribution in [-0.4, -0.2) is 24.5 Å². The monoisotopic (exact) mass is 235 g/mol. The van der Waals surface area contributed by atoms with Crippen LogP contribution in [0.2, 0.25) is 0 Å². The van der Waals surface area contributed by atoms with Gasteiger partial charge in [0.05, 0.1) is 0 Å². The summed E-state index contributed by atoms with van der Waals surface area (Å²) in [6.45, 7) is 6.04. The minimum Gasteiger partial charge on any atom is -0.303 e. The number of rotatable bonds is 4. The summed E-state index contributed by atoms with van der Waals surface area (Å²) < 4.78 is 12.7. The van der Waals surface area contributed by atoms with Crippen LogP contribution in [-0.2, 0) is 6.42 Å². The molecule has 1 fully saturated rings. The lowest BCUT2D eigenvalue weighted by molar-refractivity contribution is 0.191. The fourth-order valence-electron chi connectivity index (χ4n) is 2.44. The van der Waals surface area contributed by atoms with E-state index in [1.165, 1.54) is 44.5 Å². The lowest BCUT2D eigenvalue weighted by atomic mass is 9.99. The molecule has 0 spiro atoms. The largest absolute Gasteiger partial charge is 0.303 e. The Bertz CT molecular complexity index is 325. The summed E-state index contributed by atoms with van der Waals surface area (Å²) in [4.78, 5) is 2.56. The second-order valence-corrected chi connectivity index (χ2v) is 5.25. The third-order valence-electron chi connectivity index (χ3n) is 3.73. The Balaban J connectivity index is 1.67. The van der Waals surface area contributed by atoms with Crippen LogP contribution in [0.5, 0.6) is 0 Å². The molecule has 1 aliphatic heterocycles. The van der Waals surface area contributed by atoms with Crippen molar-refractivity contribution in [2.24, 2.45) is 5.92 Å². The summed E-state index contributed by atoms with van der Waals surface area (Å²) in [5.74, 6) is 0.766. The average molecular weight is 235 g/mol. The molecule has 0 atom stereocenters. The smallest absolute Gasteiger partial charge is 0.123 e. The molecule has 1 heterocycles. The van der Waals surface area contributed by atoms with Gasteiger partial charge < -0.3 is 4.90 Å². The number of hydrogen-bond donors (Lipinski definition) is 0. The van der Waals surface area contributed by atoms with Gasteiger partial charge in [0, 0.05) is 0 Å². The Morgan fingerprint density at radius 1 is 1.18 bits per heavy atom. The van der Waals surface area contributed by atoms with Gasteiger partial charge in [-0.2, -0.15) is 0 Å². The first kappa shape index (κ1) is 12.6. The number of piperidine rings is 1. The van der Waals surface area contributed by atoms with Crippen LogP contribution in [0.25, 0.3) is 0 Å². The standard InChI is InChI=1S/C15H22FN/c1-13-8-11-17(12-9-13)10-2-3-14-4-6-15(16)7-5-14/h4-7,13H,2-3,8-12H2,1H3. The maximum absolute atomic E-state index is 12.7. The number of nitrogens with zero attached hydrogens (tertiary/aromatic N) is 1. The molecule has 0 bridgehead atoms. The molecule has 0 unspecified atom stereocenters. The van der Waals surface area contributed by atoms with Gasteiger partial charge in [-0.05, 0) is 68.9 Å². The van der Waals surface area contributed by atoms with E-state index in [2.05, 4.69) is 11.8 Å². The number of hydrogen-bond acceptors (Lipinski definition) is 1. The van der Waals surface area contributed by atoms with Crippen molar-refractivity contribution in [3.05, 3.63) is 35.6 Å². The molecular weight excluding hydrogens is 213 g/mol. The molecule has 1 nitrogen and oxygen atoms in total. The van der Waals surface area contributed by atoms with Gasteiger partial charge in [0.1, 0.15) is 5.82 Å². The van der Waals surface area contributed by atoms with Gasteiger partial charge in [-0.25, -0.2) is 4.39 Å². The first-order valence-electron chi connectivity index (χ1n) is 6.71. The first-order chi connectivity index (χ1) is 8.24. The van der Waals surface area contributed by atoms with Gasteiger partial charge in [0.2, 0.25) is 0 Å². The van der Waals surface area contributed by atoms with Crippen molar-refractivity contribution in [1.82, 2.24) is 4.90 Å². The van der Waals surface area contributed by atoms with Crippen molar-refractivity contribution in [2.75, 3.05) is 19.6 Å². The Morgan fingerprint density at radius 3 is 2.47 bits per heavy atom. The van der Waals surface area contributed by atoms with Crippen LogP contribution in [0, 0.1) is 11.7 Å². The third kappa shape index (κ3) is 4.12. The Kier molecular flexibility index (Phi) is 4.55. The van der Waals surface area contributed by atoms with Crippen LogP contribution in [0.1, 0.15) is 31.7 Å². The fourth-order valence-corrected chi connectivity index (χ4v) is 2.44. The highest BCUT2D eigenvalue weighted by molar-refractivity contribution is 5.15. The van der Waals surface area contributed by atoms with Crippen molar-refractivity contribution >= 4 is 0 Å². The summed E-state index contributed by atoms with van der Waals surface area (Å²) in [6, 6.07) is 6.90. The van der Waals surface area contributed by atoms with Crippen molar-refractivity contribution in [1.29, 1.82) is 0 Å². The number of likely N-dealkylation sites (tertiary alicyclic amines) is 1. The molecule has 94 valence electrons. The zero-order valence-corrected chi connectivity index (χ0v) is 10.7. The van der Waals surface area contributed by atoms with Crippen molar-refractivity contribution in [3.8, 4) is 0 Å². The van der Waals surface area contributed by atoms with Gasteiger partial charge >= 0.3 is 0 Å². The minimum atomic E-state index is -0.140. The molecule has 1 aromatic rings. The number of aryl methyl sites for hydroxylation is 1. The topological polar surface area (TPSA) is 3.24 Å². The van der Waals surface area contributed by atoms with E-state index in [0.717, 1.165) is 12.3 Å². The lowest BCUT2D eigenvalue weighted by Gasteiger charge is -2.30. The third-order valence-corrected chi connectivity index (χ3v) is 3.73. The highest BCUT2D eigenvalue weighted by Crippen LogP contribution is 2.16. The van der Waals surface area contributed by atoms with Crippen LogP contribution < -0.4 is 0 Å². The van der Waals surface area contributed by atoms with Gasteiger partial charge in [0.25, 0.3) is 0 Å². The van der Waals surface area contributed by atoms with E-state index in [1.54, 1.807) is 12.1 Å². The first-order valence-corrected chi connectivity index (χ1v) is 6.71. The van der Waals surface area contributed by atoms with E-state index in [-0.39, 0.29) is 5.82 Å². The minimum absolute atomic E-state index is 0.140. The van der Waals surface area contributed by atoms with Crippen LogP contribution in [0.3, 0.4) is 0 Å². The van der Waals surface area contributed by atoms with E-state index in [4.69, 9.17) is 0 Å². The van der Waals surface area contributed by atoms with E-state index in [1.807, 2.05) is 12.1 Å². The second kappa shape index (κ2) is 6.15. The Morgan fingerprint density at radius 2 is 1.82 bits per heavy atom. The summed E-state index contributed by atoms with van der Waals surface area (Å²) in [6.07, 6.45) is 4.93. The Labute approximate surface area is 104 Å². The quantitative estimate of drug-likeness (QED) is 0.772. The average Bonchev–Trinajstić information content (AvgIpc) is 2.34. The van der Waals surface area contributed by atoms with E-state index in [0.29, 0.717) is 0 Å². The maximum Gasteiger partial charge on any atom is 0.123 e. The summed E-state index contributed by atoms with van der Waals surface area (Å²) in [7, 11) is 0. The van der Waals surface area contributed by atoms with E-state index < -0.39 is 0 Å². The molecule has 0 N–H and O–H groups in total. The predicted octanol–water partition coefficient (Wildman–Crippen LogP) is 3.49. The molecule has 1 saturated heterocycles. The zero-order chi connectivity index (χ0) is 12.1. The van der Waals surface area contributed by atoms with Crippen LogP contribution in [0.4, 0.5) is 4.39 Å². The summed E-state index contributed by atoms with van der Waals surface area (Å²) in [5, 5.41) is 0. The molecule has 17 heavy (non-hydrogen) atoms. The van der Waals surface area contributed by atoms with Crippen molar-refractivity contribution in [2.45, 2.75) is 32.6 Å². The SMILES string of the molecule is CC1CCN(CCCc2ccc(F)cc2)CC1. The predicted molar refractivity (Wildman–Crippen MR) is 69.6 cm³/mol. The Hall–Kier alpha value is -0.890. The highest BCUT2D eigenvalue weighted by atomic mass is 19.1. The van der Waals surface area contributed by atoms with Gasteiger partial charge in [-0.15, -0.1) is 0 Å². The van der Waals surface area contributed by atoms with Gasteiger partial charge in [-0.1, -0.05) is 19.1 Å². The fraction of sp³-hybridized carbons (Fsp3) is 0.600. The van der Waals surface area contributed by atoms with Gasteiger partial charge in [0.15, 0.2) is 0 Å². The van der Waals surface area contributed by atoms with E-state index >= 15 is 0 Å². The molecule has 0 saturated carbocycles. The van der Waals surface area contributed by atoms with E-state index in [9.17, 15) is 4.39 Å². The van der Waals surface area contributed by atoms with Crippen LogP contribution in [0.15, 0.2) is 24.3 Å². The molecule has 1 aromatic carbocycles. The number of benzene rings is 1. The van der Waals surface area contributed by atoms with Gasteiger partial charge in [-0.3, -0.25) is 0 Å². The molecular formula is C15H22FN. The van der Waals surface area contributed by atoms with Crippen LogP contribution >= 0.6 is 0 Å². The van der Waals surface area contributed by atoms with Crippen molar-refractivity contribution < 1.29 is 4.39 Å². The molecule has 1 aliphatic rings.